The number of aliphatic hydroxyl groups excluding tert-OH is 3. The zero-order valence-corrected chi connectivity index (χ0v) is 25.6. The summed E-state index contributed by atoms with van der Waals surface area (Å²) in [5, 5.41) is 30.1. The van der Waals surface area contributed by atoms with E-state index in [9.17, 15) is 20.1 Å². The number of carbonyl (C=O) groups is 1. The van der Waals surface area contributed by atoms with Gasteiger partial charge in [-0.25, -0.2) is 0 Å². The fraction of sp³-hybridized carbons (Fsp3) is 0.912. The lowest BCUT2D eigenvalue weighted by Gasteiger charge is -2.72. The van der Waals surface area contributed by atoms with E-state index in [1.54, 1.807) is 0 Å². The van der Waals surface area contributed by atoms with Crippen LogP contribution < -0.4 is 0 Å². The zero-order chi connectivity index (χ0) is 28.6. The normalized spacial score (nSPS) is 48.5. The topological polar surface area (TPSA) is 87.0 Å². The quantitative estimate of drug-likeness (QED) is 0.276. The summed E-state index contributed by atoms with van der Waals surface area (Å²) in [6.45, 7) is 18.7. The molecule has 39 heavy (non-hydrogen) atoms. The monoisotopic (exact) mass is 544 g/mol. The van der Waals surface area contributed by atoms with Gasteiger partial charge in [-0.15, -0.1) is 0 Å². The van der Waals surface area contributed by atoms with Crippen molar-refractivity contribution in [2.24, 2.45) is 62.6 Å². The minimum absolute atomic E-state index is 0.0466. The van der Waals surface area contributed by atoms with E-state index in [-0.39, 0.29) is 59.5 Å². The summed E-state index contributed by atoms with van der Waals surface area (Å²) in [5.41, 5.74) is 1.27. The maximum Gasteiger partial charge on any atom is 0.312 e. The van der Waals surface area contributed by atoms with Crippen molar-refractivity contribution in [2.45, 2.75) is 112 Å². The molecule has 0 heterocycles. The predicted molar refractivity (Wildman–Crippen MR) is 154 cm³/mol. The van der Waals surface area contributed by atoms with Crippen LogP contribution in [-0.4, -0.2) is 47.2 Å². The first kappa shape index (κ1) is 29.6. The number of hydrogen-bond acceptors (Lipinski definition) is 5. The Morgan fingerprint density at radius 3 is 2.21 bits per heavy atom. The van der Waals surface area contributed by atoms with Gasteiger partial charge in [-0.2, -0.15) is 0 Å². The van der Waals surface area contributed by atoms with E-state index in [0.29, 0.717) is 23.7 Å². The van der Waals surface area contributed by atoms with Crippen molar-refractivity contribution in [3.63, 3.8) is 0 Å². The third kappa shape index (κ3) is 3.98. The van der Waals surface area contributed by atoms with Crippen molar-refractivity contribution in [1.82, 2.24) is 0 Å². The Labute approximate surface area is 237 Å². The molecule has 5 saturated carbocycles. The van der Waals surface area contributed by atoms with Gasteiger partial charge in [0.2, 0.25) is 0 Å². The molecule has 222 valence electrons. The fourth-order valence-corrected chi connectivity index (χ4v) is 12.0. The van der Waals surface area contributed by atoms with E-state index in [1.807, 2.05) is 0 Å². The third-order valence-corrected chi connectivity index (χ3v) is 14.4. The van der Waals surface area contributed by atoms with Crippen LogP contribution >= 0.6 is 0 Å². The first-order valence-corrected chi connectivity index (χ1v) is 16.0. The molecule has 0 unspecified atom stereocenters. The molecule has 5 nitrogen and oxygen atoms in total. The van der Waals surface area contributed by atoms with Gasteiger partial charge in [-0.1, -0.05) is 46.8 Å². The summed E-state index contributed by atoms with van der Waals surface area (Å²) in [6, 6.07) is 0. The Hall–Kier alpha value is -0.910. The van der Waals surface area contributed by atoms with E-state index >= 15 is 0 Å². The molecule has 0 bridgehead atoms. The van der Waals surface area contributed by atoms with Crippen molar-refractivity contribution in [2.75, 3.05) is 19.8 Å². The van der Waals surface area contributed by atoms with E-state index in [0.717, 1.165) is 44.9 Å². The maximum atomic E-state index is 13.9. The van der Waals surface area contributed by atoms with E-state index in [1.165, 1.54) is 24.8 Å². The molecule has 0 spiro atoms. The Morgan fingerprint density at radius 1 is 0.872 bits per heavy atom. The van der Waals surface area contributed by atoms with Crippen molar-refractivity contribution < 1.29 is 24.9 Å². The molecular formula is C34H56O5. The summed E-state index contributed by atoms with van der Waals surface area (Å²) >= 11 is 0. The molecule has 5 rings (SSSR count). The summed E-state index contributed by atoms with van der Waals surface area (Å²) in [5.74, 6) is 1.70. The Morgan fingerprint density at radius 2 is 1.56 bits per heavy atom. The van der Waals surface area contributed by atoms with Crippen LogP contribution in [0.5, 0.6) is 0 Å². The van der Waals surface area contributed by atoms with Crippen LogP contribution in [0.1, 0.15) is 106 Å². The third-order valence-electron chi connectivity index (χ3n) is 14.4. The Kier molecular flexibility index (Phi) is 7.46. The first-order valence-electron chi connectivity index (χ1n) is 16.0. The predicted octanol–water partition coefficient (Wildman–Crippen LogP) is 6.15. The number of allylic oxidation sites excluding steroid dienone is 1. The second-order valence-corrected chi connectivity index (χ2v) is 16.0. The minimum atomic E-state index is -0.482. The summed E-state index contributed by atoms with van der Waals surface area (Å²) in [4.78, 5) is 13.9. The molecule has 3 N–H and O–H groups in total. The van der Waals surface area contributed by atoms with Crippen LogP contribution in [0.3, 0.4) is 0 Å². The largest absolute Gasteiger partial charge is 0.465 e. The maximum absolute atomic E-state index is 13.9. The molecule has 5 heteroatoms. The summed E-state index contributed by atoms with van der Waals surface area (Å²) in [6.07, 6.45) is 10.3. The van der Waals surface area contributed by atoms with E-state index in [4.69, 9.17) is 4.74 Å². The van der Waals surface area contributed by atoms with Gasteiger partial charge in [-0.05, 0) is 122 Å². The van der Waals surface area contributed by atoms with Gasteiger partial charge in [0.25, 0.3) is 0 Å². The number of fused-ring (bicyclic) bond motifs is 7. The fourth-order valence-electron chi connectivity index (χ4n) is 12.0. The molecule has 5 fully saturated rings. The van der Waals surface area contributed by atoms with Gasteiger partial charge >= 0.3 is 5.97 Å². The van der Waals surface area contributed by atoms with Crippen LogP contribution in [0.25, 0.3) is 0 Å². The lowest BCUT2D eigenvalue weighted by Crippen LogP contribution is -2.67. The number of ether oxygens (including phenoxy) is 1. The molecule has 0 aromatic carbocycles. The van der Waals surface area contributed by atoms with Crippen molar-refractivity contribution in [3.8, 4) is 0 Å². The van der Waals surface area contributed by atoms with Crippen molar-refractivity contribution >= 4 is 5.97 Å². The smallest absolute Gasteiger partial charge is 0.312 e. The second-order valence-electron chi connectivity index (χ2n) is 16.0. The van der Waals surface area contributed by atoms with Crippen LogP contribution in [-0.2, 0) is 9.53 Å². The lowest BCUT2D eigenvalue weighted by atomic mass is 9.32. The van der Waals surface area contributed by atoms with Crippen LogP contribution in [0.2, 0.25) is 0 Å². The van der Waals surface area contributed by atoms with Gasteiger partial charge in [-0.3, -0.25) is 4.79 Å². The zero-order valence-electron chi connectivity index (χ0n) is 25.6. The second kappa shape index (κ2) is 9.83. The summed E-state index contributed by atoms with van der Waals surface area (Å²) < 4.78 is 5.91. The number of rotatable bonds is 6. The highest BCUT2D eigenvalue weighted by Crippen LogP contribution is 2.77. The number of aliphatic hydroxyl groups is 3. The average molecular weight is 545 g/mol. The van der Waals surface area contributed by atoms with Crippen molar-refractivity contribution in [3.05, 3.63) is 12.2 Å². The van der Waals surface area contributed by atoms with Gasteiger partial charge < -0.3 is 20.1 Å². The van der Waals surface area contributed by atoms with Crippen LogP contribution in [0.4, 0.5) is 0 Å². The van der Waals surface area contributed by atoms with Gasteiger partial charge in [0, 0.05) is 5.92 Å². The minimum Gasteiger partial charge on any atom is -0.465 e. The standard InChI is InChI=1S/C34H56O5/c1-21(2)23-10-15-34(29(38)39-20-22(18-35)19-36)17-16-32(6)24(28(23)34)8-9-26-31(5)13-12-27(37)30(3,4)25(31)11-14-33(26,32)7/h22-28,35-37H,1,8-20H2,2-7H3/t23-,24+,25-,26+,27-,28+,31-,32+,33+,34-/m0/s1. The molecule has 0 aromatic rings. The number of carbonyl (C=O) groups excluding carboxylic acids is 1. The Balaban J connectivity index is 1.49. The molecule has 0 aliphatic heterocycles. The molecule has 0 aromatic heterocycles. The molecular weight excluding hydrogens is 488 g/mol. The van der Waals surface area contributed by atoms with Crippen LogP contribution in [0.15, 0.2) is 12.2 Å². The average Bonchev–Trinajstić information content (AvgIpc) is 3.29. The van der Waals surface area contributed by atoms with Crippen molar-refractivity contribution in [1.29, 1.82) is 0 Å². The lowest BCUT2D eigenvalue weighted by molar-refractivity contribution is -0.248. The summed E-state index contributed by atoms with van der Waals surface area (Å²) in [7, 11) is 0. The Bertz CT molecular complexity index is 971. The van der Waals surface area contributed by atoms with Gasteiger partial charge in [0.05, 0.1) is 31.3 Å². The van der Waals surface area contributed by atoms with Crippen LogP contribution in [0, 0.1) is 62.6 Å². The molecule has 5 aliphatic rings. The highest BCUT2D eigenvalue weighted by Gasteiger charge is 2.72. The van der Waals surface area contributed by atoms with E-state index in [2.05, 4.69) is 48.1 Å². The van der Waals surface area contributed by atoms with Gasteiger partial charge in [0.15, 0.2) is 0 Å². The molecule has 0 saturated heterocycles. The number of hydrogen-bond donors (Lipinski definition) is 3. The SMILES string of the molecule is C=C(C)[C@@H]1CC[C@]2(C(=O)OCC(CO)CO)CC[C@]3(C)[C@H](CC[C@@H]4[C@@]5(C)CC[C@H](O)C(C)(C)[C@@H]5CC[C@]43C)[C@@H]12. The highest BCUT2D eigenvalue weighted by molar-refractivity contribution is 5.78. The first-order chi connectivity index (χ1) is 18.2. The van der Waals surface area contributed by atoms with E-state index < -0.39 is 11.3 Å². The van der Waals surface area contributed by atoms with Gasteiger partial charge in [0.1, 0.15) is 0 Å². The number of esters is 1. The molecule has 0 amide bonds. The molecule has 0 radical (unpaired) electrons. The molecule has 10 atom stereocenters. The molecule has 5 aliphatic carbocycles. The highest BCUT2D eigenvalue weighted by atomic mass is 16.5.